The van der Waals surface area contributed by atoms with Crippen LogP contribution in [0.3, 0.4) is 0 Å². The summed E-state index contributed by atoms with van der Waals surface area (Å²) in [5, 5.41) is 2.11. The summed E-state index contributed by atoms with van der Waals surface area (Å²) >= 11 is 0. The van der Waals surface area contributed by atoms with E-state index in [1.807, 2.05) is 42.5 Å². The topological polar surface area (TPSA) is 0 Å². The van der Waals surface area contributed by atoms with E-state index in [1.165, 1.54) is 0 Å². The highest BCUT2D eigenvalue weighted by Crippen LogP contribution is 2.24. The van der Waals surface area contributed by atoms with Crippen LogP contribution in [-0.4, -0.2) is 0 Å². The van der Waals surface area contributed by atoms with Gasteiger partial charge in [0, 0.05) is 0 Å². The molecule has 0 heterocycles. The minimum atomic E-state index is 0.0174. The molecule has 0 aliphatic carbocycles. The SMILES string of the molecule is [2H]c1c([2H])c(-c2ccc3ccccc3c2)c([2H])c([2H])c1C. The van der Waals surface area contributed by atoms with Crippen molar-refractivity contribution in [2.24, 2.45) is 0 Å². The highest BCUT2D eigenvalue weighted by atomic mass is 14.0. The first-order valence-corrected chi connectivity index (χ1v) is 5.57. The Balaban J connectivity index is 2.32. The predicted octanol–water partition coefficient (Wildman–Crippen LogP) is 4.82. The number of rotatable bonds is 1. The average Bonchev–Trinajstić information content (AvgIpc) is 2.51. The summed E-state index contributed by atoms with van der Waals surface area (Å²) in [6, 6.07) is 13.7. The van der Waals surface area contributed by atoms with Crippen LogP contribution < -0.4 is 0 Å². The van der Waals surface area contributed by atoms with E-state index >= 15 is 0 Å². The van der Waals surface area contributed by atoms with Crippen molar-refractivity contribution < 1.29 is 5.48 Å². The summed E-state index contributed by atoms with van der Waals surface area (Å²) < 4.78 is 32.1. The molecule has 82 valence electrons. The molecule has 0 bridgehead atoms. The predicted molar refractivity (Wildman–Crippen MR) is 74.1 cm³/mol. The smallest absolute Gasteiger partial charge is 0.0616 e. The van der Waals surface area contributed by atoms with E-state index in [4.69, 9.17) is 5.48 Å². The largest absolute Gasteiger partial charge is 0.0629 e. The normalized spacial score (nSPS) is 13.9. The van der Waals surface area contributed by atoms with Gasteiger partial charge in [-0.25, -0.2) is 0 Å². The van der Waals surface area contributed by atoms with Gasteiger partial charge in [0.25, 0.3) is 0 Å². The van der Waals surface area contributed by atoms with Crippen molar-refractivity contribution in [3.8, 4) is 11.1 Å². The van der Waals surface area contributed by atoms with Crippen molar-refractivity contribution >= 4 is 10.8 Å². The minimum absolute atomic E-state index is 0.0174. The summed E-state index contributed by atoms with van der Waals surface area (Å²) in [6.45, 7) is 1.62. The highest BCUT2D eigenvalue weighted by Gasteiger charge is 1.98. The molecule has 0 N–H and O–H groups in total. The van der Waals surface area contributed by atoms with Crippen LogP contribution >= 0.6 is 0 Å². The van der Waals surface area contributed by atoms with Crippen LogP contribution in [0.5, 0.6) is 0 Å². The first kappa shape index (κ1) is 6.61. The minimum Gasteiger partial charge on any atom is -0.0616 e. The van der Waals surface area contributed by atoms with Crippen molar-refractivity contribution in [2.45, 2.75) is 6.92 Å². The van der Waals surface area contributed by atoms with Crippen molar-refractivity contribution in [1.82, 2.24) is 0 Å². The summed E-state index contributed by atoms with van der Waals surface area (Å²) in [6.07, 6.45) is 0. The van der Waals surface area contributed by atoms with Gasteiger partial charge in [-0.3, -0.25) is 0 Å². The van der Waals surface area contributed by atoms with Crippen LogP contribution in [0.2, 0.25) is 0 Å². The number of fused-ring (bicyclic) bond motifs is 1. The van der Waals surface area contributed by atoms with E-state index < -0.39 is 0 Å². The van der Waals surface area contributed by atoms with Crippen molar-refractivity contribution in [3.05, 3.63) is 72.2 Å². The summed E-state index contributed by atoms with van der Waals surface area (Å²) in [4.78, 5) is 0. The molecular weight excluding hydrogens is 204 g/mol. The Kier molecular flexibility index (Phi) is 1.58. The Morgan fingerprint density at radius 3 is 2.24 bits per heavy atom. The molecule has 3 rings (SSSR count). The quantitative estimate of drug-likeness (QED) is 0.554. The Bertz CT molecular complexity index is 824. The van der Waals surface area contributed by atoms with Crippen LogP contribution in [-0.2, 0) is 0 Å². The molecule has 0 amide bonds. The molecule has 3 aromatic carbocycles. The fourth-order valence-corrected chi connectivity index (χ4v) is 1.86. The van der Waals surface area contributed by atoms with Crippen LogP contribution in [0.1, 0.15) is 11.0 Å². The third kappa shape index (κ3) is 1.94. The van der Waals surface area contributed by atoms with Gasteiger partial charge in [-0.15, -0.1) is 0 Å². The maximum atomic E-state index is 8.13. The molecule has 0 atom stereocenters. The Labute approximate surface area is 107 Å². The number of hydrogen-bond acceptors (Lipinski definition) is 0. The lowest BCUT2D eigenvalue weighted by Gasteiger charge is -2.04. The lowest BCUT2D eigenvalue weighted by molar-refractivity contribution is 1.47. The lowest BCUT2D eigenvalue weighted by Crippen LogP contribution is -1.79. The second kappa shape index (κ2) is 4.06. The highest BCUT2D eigenvalue weighted by molar-refractivity contribution is 5.87. The van der Waals surface area contributed by atoms with Crippen LogP contribution in [0.4, 0.5) is 0 Å². The van der Waals surface area contributed by atoms with E-state index in [-0.39, 0.29) is 24.2 Å². The Hall–Kier alpha value is -2.08. The van der Waals surface area contributed by atoms with Gasteiger partial charge in [0.15, 0.2) is 0 Å². The zero-order valence-corrected chi connectivity index (χ0v) is 9.54. The molecule has 0 unspecified atom stereocenters. The van der Waals surface area contributed by atoms with E-state index in [9.17, 15) is 0 Å². The molecule has 17 heavy (non-hydrogen) atoms. The molecule has 3 aromatic rings. The van der Waals surface area contributed by atoms with Gasteiger partial charge in [-0.1, -0.05) is 66.1 Å². The molecular formula is C17H14. The van der Waals surface area contributed by atoms with Gasteiger partial charge in [-0.2, -0.15) is 0 Å². The zero-order valence-electron chi connectivity index (χ0n) is 13.5. The summed E-state index contributed by atoms with van der Waals surface area (Å²) in [5.41, 5.74) is 1.46. The van der Waals surface area contributed by atoms with Gasteiger partial charge >= 0.3 is 0 Å². The van der Waals surface area contributed by atoms with E-state index in [2.05, 4.69) is 0 Å². The van der Waals surface area contributed by atoms with Gasteiger partial charge in [-0.05, 0) is 34.9 Å². The first-order valence-electron chi connectivity index (χ1n) is 7.57. The fraction of sp³-hybridized carbons (Fsp3) is 0.0588. The average molecular weight is 222 g/mol. The van der Waals surface area contributed by atoms with Gasteiger partial charge < -0.3 is 0 Å². The molecule has 0 saturated heterocycles. The molecule has 0 spiro atoms. The third-order valence-corrected chi connectivity index (χ3v) is 2.79. The molecule has 0 saturated carbocycles. The maximum Gasteiger partial charge on any atom is 0.0629 e. The third-order valence-electron chi connectivity index (χ3n) is 2.79. The molecule has 0 fully saturated rings. The zero-order chi connectivity index (χ0) is 15.1. The summed E-state index contributed by atoms with van der Waals surface area (Å²) in [5.74, 6) is 0. The molecule has 0 nitrogen and oxygen atoms in total. The van der Waals surface area contributed by atoms with Gasteiger partial charge in [0.05, 0.1) is 5.48 Å². The van der Waals surface area contributed by atoms with Gasteiger partial charge in [0.2, 0.25) is 0 Å². The van der Waals surface area contributed by atoms with Crippen LogP contribution in [0, 0.1) is 6.92 Å². The Morgan fingerprint density at radius 2 is 1.47 bits per heavy atom. The van der Waals surface area contributed by atoms with Crippen molar-refractivity contribution in [1.29, 1.82) is 0 Å². The van der Waals surface area contributed by atoms with E-state index in [1.54, 1.807) is 6.92 Å². The van der Waals surface area contributed by atoms with E-state index in [0.29, 0.717) is 16.7 Å². The fourth-order valence-electron chi connectivity index (χ4n) is 1.86. The van der Waals surface area contributed by atoms with Gasteiger partial charge in [0.1, 0.15) is 0 Å². The Morgan fingerprint density at radius 1 is 0.765 bits per heavy atom. The second-order valence-corrected chi connectivity index (χ2v) is 4.06. The number of hydrogen-bond donors (Lipinski definition) is 0. The molecule has 0 aromatic heterocycles. The van der Waals surface area contributed by atoms with Crippen molar-refractivity contribution in [3.63, 3.8) is 0 Å². The standard InChI is InChI=1S/C17H14/c1-13-6-8-15(9-7-13)17-11-10-14-4-2-3-5-16(14)12-17/h2-12H,1H3/i6D,7D,8D,9D. The lowest BCUT2D eigenvalue weighted by atomic mass is 10.0. The van der Waals surface area contributed by atoms with Crippen LogP contribution in [0.15, 0.2) is 66.6 Å². The number of benzene rings is 3. The first-order chi connectivity index (χ1) is 10.0. The monoisotopic (exact) mass is 222 g/mol. The van der Waals surface area contributed by atoms with Crippen molar-refractivity contribution in [2.75, 3.05) is 0 Å². The maximum absolute atomic E-state index is 8.13. The second-order valence-electron chi connectivity index (χ2n) is 4.06. The summed E-state index contributed by atoms with van der Waals surface area (Å²) in [7, 11) is 0. The molecule has 0 heteroatoms. The van der Waals surface area contributed by atoms with E-state index in [0.717, 1.165) is 10.8 Å². The molecule has 0 aliphatic heterocycles. The van der Waals surface area contributed by atoms with Crippen LogP contribution in [0.25, 0.3) is 21.9 Å². The molecule has 0 aliphatic rings. The molecule has 0 radical (unpaired) electrons.